The number of azo groups is 1. The maximum absolute atomic E-state index is 10.8. The molecule has 1 aliphatic heterocycles. The summed E-state index contributed by atoms with van der Waals surface area (Å²) >= 11 is 0. The molecule has 0 amide bonds. The lowest BCUT2D eigenvalue weighted by molar-refractivity contribution is 0.00578. The molecule has 2 aromatic rings. The summed E-state index contributed by atoms with van der Waals surface area (Å²) < 4.78 is 12.1. The minimum atomic E-state index is -0.966. The average Bonchev–Trinajstić information content (AvgIpc) is 2.81. The lowest BCUT2D eigenvalue weighted by Crippen LogP contribution is -2.41. The van der Waals surface area contributed by atoms with E-state index in [1.807, 2.05) is 52.0 Å². The Kier molecular flexibility index (Phi) is 4.69. The first-order chi connectivity index (χ1) is 12.2. The Bertz CT molecular complexity index is 814. The number of aromatic carboxylic acids is 1. The van der Waals surface area contributed by atoms with Crippen LogP contribution >= 0.6 is 0 Å². The molecule has 3 rings (SSSR count). The highest BCUT2D eigenvalue weighted by molar-refractivity contribution is 6.62. The Hall–Kier alpha value is -2.51. The van der Waals surface area contributed by atoms with Crippen molar-refractivity contribution >= 4 is 29.9 Å². The number of rotatable bonds is 4. The van der Waals surface area contributed by atoms with Crippen LogP contribution in [0.25, 0.3) is 0 Å². The Balaban J connectivity index is 1.69. The molecule has 0 radical (unpaired) electrons. The van der Waals surface area contributed by atoms with Gasteiger partial charge in [-0.25, -0.2) is 4.79 Å². The topological polar surface area (TPSA) is 80.5 Å². The fourth-order valence-electron chi connectivity index (χ4n) is 2.46. The zero-order valence-electron chi connectivity index (χ0n) is 15.3. The molecular formula is C19H21BN2O4. The van der Waals surface area contributed by atoms with Crippen molar-refractivity contribution < 1.29 is 19.2 Å². The summed E-state index contributed by atoms with van der Waals surface area (Å²) in [6, 6.07) is 13.7. The van der Waals surface area contributed by atoms with Crippen LogP contribution in [0.5, 0.6) is 0 Å². The van der Waals surface area contributed by atoms with Crippen LogP contribution in [-0.4, -0.2) is 29.4 Å². The maximum atomic E-state index is 10.8. The molecule has 1 fully saturated rings. The molecule has 7 heteroatoms. The molecule has 26 heavy (non-hydrogen) atoms. The summed E-state index contributed by atoms with van der Waals surface area (Å²) in [5, 5.41) is 17.2. The van der Waals surface area contributed by atoms with E-state index >= 15 is 0 Å². The van der Waals surface area contributed by atoms with Crippen LogP contribution in [0.1, 0.15) is 38.1 Å². The molecule has 2 aromatic carbocycles. The van der Waals surface area contributed by atoms with E-state index in [-0.39, 0.29) is 16.8 Å². The van der Waals surface area contributed by atoms with Crippen molar-refractivity contribution in [3.05, 3.63) is 54.1 Å². The highest BCUT2D eigenvalue weighted by Gasteiger charge is 2.51. The number of carboxylic acids is 1. The van der Waals surface area contributed by atoms with Gasteiger partial charge in [0.15, 0.2) is 0 Å². The summed E-state index contributed by atoms with van der Waals surface area (Å²) in [6.45, 7) is 8.08. The van der Waals surface area contributed by atoms with Crippen LogP contribution in [-0.2, 0) is 9.31 Å². The standard InChI is InChI=1S/C19H21BN2O4/c1-18(2)19(3,4)26-20(25-18)14-7-11-16(12-8-14)22-21-15-9-5-13(6-10-15)17(23)24/h5-12H,1-4H3,(H,23,24). The van der Waals surface area contributed by atoms with Crippen LogP contribution in [0.15, 0.2) is 58.8 Å². The molecule has 0 saturated carbocycles. The van der Waals surface area contributed by atoms with Gasteiger partial charge in [-0.15, -0.1) is 0 Å². The van der Waals surface area contributed by atoms with E-state index in [9.17, 15) is 4.79 Å². The second-order valence-corrected chi connectivity index (χ2v) is 7.23. The molecule has 0 aliphatic carbocycles. The van der Waals surface area contributed by atoms with Gasteiger partial charge in [0.1, 0.15) is 0 Å². The predicted molar refractivity (Wildman–Crippen MR) is 99.7 cm³/mol. The molecule has 6 nitrogen and oxygen atoms in total. The first kappa shape index (κ1) is 18.3. The number of hydrogen-bond acceptors (Lipinski definition) is 5. The van der Waals surface area contributed by atoms with Gasteiger partial charge in [0.25, 0.3) is 0 Å². The van der Waals surface area contributed by atoms with Crippen molar-refractivity contribution in [1.82, 2.24) is 0 Å². The molecule has 0 unspecified atom stereocenters. The fourth-order valence-corrected chi connectivity index (χ4v) is 2.46. The maximum Gasteiger partial charge on any atom is 0.494 e. The van der Waals surface area contributed by atoms with E-state index in [0.717, 1.165) is 5.46 Å². The second kappa shape index (κ2) is 6.66. The van der Waals surface area contributed by atoms with Crippen molar-refractivity contribution in [3.8, 4) is 0 Å². The van der Waals surface area contributed by atoms with Gasteiger partial charge in [-0.05, 0) is 69.6 Å². The van der Waals surface area contributed by atoms with E-state index in [2.05, 4.69) is 10.2 Å². The predicted octanol–water partition coefficient (Wildman–Crippen LogP) is 4.10. The van der Waals surface area contributed by atoms with Crippen molar-refractivity contribution in [1.29, 1.82) is 0 Å². The number of benzene rings is 2. The van der Waals surface area contributed by atoms with Crippen LogP contribution in [0.3, 0.4) is 0 Å². The highest BCUT2D eigenvalue weighted by atomic mass is 16.7. The Labute approximate surface area is 153 Å². The first-order valence-corrected chi connectivity index (χ1v) is 8.39. The average molecular weight is 352 g/mol. The molecule has 1 heterocycles. The molecule has 0 aromatic heterocycles. The third-order valence-corrected chi connectivity index (χ3v) is 4.81. The van der Waals surface area contributed by atoms with Crippen molar-refractivity contribution in [2.24, 2.45) is 10.2 Å². The molecule has 0 spiro atoms. The van der Waals surface area contributed by atoms with Gasteiger partial charge in [0.05, 0.1) is 28.1 Å². The monoisotopic (exact) mass is 352 g/mol. The first-order valence-electron chi connectivity index (χ1n) is 8.39. The molecule has 1 N–H and O–H groups in total. The number of nitrogens with zero attached hydrogens (tertiary/aromatic N) is 2. The van der Waals surface area contributed by atoms with Gasteiger partial charge in [0.2, 0.25) is 0 Å². The lowest BCUT2D eigenvalue weighted by atomic mass is 9.79. The zero-order chi connectivity index (χ0) is 18.9. The van der Waals surface area contributed by atoms with E-state index in [0.29, 0.717) is 11.4 Å². The summed E-state index contributed by atoms with van der Waals surface area (Å²) in [5.41, 5.74) is 1.66. The molecule has 134 valence electrons. The molecule has 1 saturated heterocycles. The summed E-state index contributed by atoms with van der Waals surface area (Å²) in [7, 11) is -0.408. The molecular weight excluding hydrogens is 331 g/mol. The normalized spacial score (nSPS) is 18.4. The van der Waals surface area contributed by atoms with E-state index in [1.54, 1.807) is 12.1 Å². The number of carboxylic acid groups (broad SMARTS) is 1. The van der Waals surface area contributed by atoms with E-state index in [1.165, 1.54) is 12.1 Å². The quantitative estimate of drug-likeness (QED) is 0.664. The summed E-state index contributed by atoms with van der Waals surface area (Å²) in [5.74, 6) is -0.966. The van der Waals surface area contributed by atoms with Crippen molar-refractivity contribution in [2.75, 3.05) is 0 Å². The summed E-state index contributed by atoms with van der Waals surface area (Å²) in [4.78, 5) is 10.8. The zero-order valence-corrected chi connectivity index (χ0v) is 15.3. The van der Waals surface area contributed by atoms with Crippen LogP contribution in [0.4, 0.5) is 11.4 Å². The second-order valence-electron chi connectivity index (χ2n) is 7.23. The minimum Gasteiger partial charge on any atom is -0.478 e. The Morgan fingerprint density at radius 2 is 1.27 bits per heavy atom. The Morgan fingerprint density at radius 3 is 1.69 bits per heavy atom. The molecule has 1 aliphatic rings. The molecule has 0 atom stereocenters. The van der Waals surface area contributed by atoms with Gasteiger partial charge >= 0.3 is 13.1 Å². The third-order valence-electron chi connectivity index (χ3n) is 4.81. The smallest absolute Gasteiger partial charge is 0.478 e. The van der Waals surface area contributed by atoms with Gasteiger partial charge < -0.3 is 14.4 Å². The van der Waals surface area contributed by atoms with Crippen LogP contribution in [0, 0.1) is 0 Å². The van der Waals surface area contributed by atoms with Gasteiger partial charge in [-0.1, -0.05) is 12.1 Å². The summed E-state index contributed by atoms with van der Waals surface area (Å²) in [6.07, 6.45) is 0. The minimum absolute atomic E-state index is 0.218. The largest absolute Gasteiger partial charge is 0.494 e. The van der Waals surface area contributed by atoms with Gasteiger partial charge in [0, 0.05) is 0 Å². The van der Waals surface area contributed by atoms with E-state index in [4.69, 9.17) is 14.4 Å². The van der Waals surface area contributed by atoms with Gasteiger partial charge in [-0.3, -0.25) is 0 Å². The number of carbonyl (C=O) groups is 1. The molecule has 0 bridgehead atoms. The van der Waals surface area contributed by atoms with Gasteiger partial charge in [-0.2, -0.15) is 10.2 Å². The SMILES string of the molecule is CC1(C)OB(c2ccc(N=Nc3ccc(C(=O)O)cc3)cc2)OC1(C)C. The highest BCUT2D eigenvalue weighted by Crippen LogP contribution is 2.36. The third kappa shape index (κ3) is 3.69. The lowest BCUT2D eigenvalue weighted by Gasteiger charge is -2.32. The van der Waals surface area contributed by atoms with Crippen molar-refractivity contribution in [3.63, 3.8) is 0 Å². The Morgan fingerprint density at radius 1 is 0.846 bits per heavy atom. The number of hydrogen-bond donors (Lipinski definition) is 1. The van der Waals surface area contributed by atoms with Crippen molar-refractivity contribution in [2.45, 2.75) is 38.9 Å². The van der Waals surface area contributed by atoms with Crippen LogP contribution < -0.4 is 5.46 Å². The van der Waals surface area contributed by atoms with Crippen LogP contribution in [0.2, 0.25) is 0 Å². The fraction of sp³-hybridized carbons (Fsp3) is 0.316. The van der Waals surface area contributed by atoms with E-state index < -0.39 is 13.1 Å².